The summed E-state index contributed by atoms with van der Waals surface area (Å²) in [6, 6.07) is 7.76. The first-order valence-electron chi connectivity index (χ1n) is 5.01. The summed E-state index contributed by atoms with van der Waals surface area (Å²) in [6.45, 7) is 1.89. The molecule has 2 aromatic rings. The van der Waals surface area contributed by atoms with E-state index in [0.29, 0.717) is 5.69 Å². The van der Waals surface area contributed by atoms with E-state index in [1.807, 2.05) is 31.2 Å². The quantitative estimate of drug-likeness (QED) is 0.943. The van der Waals surface area contributed by atoms with Gasteiger partial charge in [-0.2, -0.15) is 0 Å². The number of carboxylic acid groups (broad SMARTS) is 1. The van der Waals surface area contributed by atoms with Gasteiger partial charge in [0, 0.05) is 10.0 Å². The smallest absolute Gasteiger partial charge is 0.309 e. The summed E-state index contributed by atoms with van der Waals surface area (Å²) in [7, 11) is 0. The van der Waals surface area contributed by atoms with Crippen LogP contribution in [0.2, 0.25) is 0 Å². The van der Waals surface area contributed by atoms with E-state index in [-0.39, 0.29) is 6.42 Å². The Balaban J connectivity index is 2.51. The first-order chi connectivity index (χ1) is 8.08. The molecule has 0 amide bonds. The predicted molar refractivity (Wildman–Crippen MR) is 71.3 cm³/mol. The van der Waals surface area contributed by atoms with Crippen molar-refractivity contribution in [3.63, 3.8) is 0 Å². The van der Waals surface area contributed by atoms with Crippen LogP contribution >= 0.6 is 27.3 Å². The molecule has 1 N–H and O–H groups in total. The topological polar surface area (TPSA) is 50.2 Å². The predicted octanol–water partition coefficient (Wildman–Crippen LogP) is 3.51. The number of benzene rings is 1. The van der Waals surface area contributed by atoms with Crippen LogP contribution in [0.4, 0.5) is 0 Å². The van der Waals surface area contributed by atoms with Crippen LogP contribution in [0.15, 0.2) is 28.7 Å². The van der Waals surface area contributed by atoms with Crippen LogP contribution in [-0.2, 0) is 11.2 Å². The lowest BCUT2D eigenvalue weighted by Gasteiger charge is -2.02. The molecule has 0 aliphatic carbocycles. The summed E-state index contributed by atoms with van der Waals surface area (Å²) in [5.74, 6) is -0.858. The Kier molecular flexibility index (Phi) is 3.59. The fourth-order valence-electron chi connectivity index (χ4n) is 1.59. The molecule has 0 aliphatic rings. The third-order valence-corrected chi connectivity index (χ3v) is 3.98. The van der Waals surface area contributed by atoms with Crippen LogP contribution in [0.25, 0.3) is 10.4 Å². The second-order valence-corrected chi connectivity index (χ2v) is 5.62. The van der Waals surface area contributed by atoms with E-state index in [2.05, 4.69) is 20.9 Å². The number of hydrogen-bond acceptors (Lipinski definition) is 3. The molecule has 0 unspecified atom stereocenters. The molecule has 0 radical (unpaired) electrons. The number of hydrogen-bond donors (Lipinski definition) is 1. The molecule has 0 atom stereocenters. The molecule has 0 aliphatic heterocycles. The molecule has 0 fully saturated rings. The molecule has 2 rings (SSSR count). The van der Waals surface area contributed by atoms with E-state index in [1.165, 1.54) is 11.3 Å². The average molecular weight is 312 g/mol. The van der Waals surface area contributed by atoms with Gasteiger partial charge in [0.25, 0.3) is 0 Å². The molecule has 5 heteroatoms. The van der Waals surface area contributed by atoms with Gasteiger partial charge in [-0.05, 0) is 13.0 Å². The van der Waals surface area contributed by atoms with Gasteiger partial charge in [0.2, 0.25) is 0 Å². The van der Waals surface area contributed by atoms with E-state index in [1.54, 1.807) is 0 Å². The molecule has 17 heavy (non-hydrogen) atoms. The number of thiazole rings is 1. The zero-order valence-corrected chi connectivity index (χ0v) is 11.5. The Morgan fingerprint density at radius 1 is 1.47 bits per heavy atom. The van der Waals surface area contributed by atoms with E-state index < -0.39 is 5.97 Å². The second kappa shape index (κ2) is 4.98. The van der Waals surface area contributed by atoms with Crippen molar-refractivity contribution in [3.05, 3.63) is 39.4 Å². The molecule has 0 saturated heterocycles. The van der Waals surface area contributed by atoms with E-state index >= 15 is 0 Å². The third-order valence-electron chi connectivity index (χ3n) is 2.24. The Morgan fingerprint density at radius 3 is 2.82 bits per heavy atom. The number of aryl methyl sites for hydroxylation is 1. The first-order valence-corrected chi connectivity index (χ1v) is 6.62. The zero-order valence-electron chi connectivity index (χ0n) is 9.11. The second-order valence-electron chi connectivity index (χ2n) is 3.56. The SMILES string of the molecule is Cc1nc(CC(=O)O)c(-c2ccccc2Br)s1. The highest BCUT2D eigenvalue weighted by molar-refractivity contribution is 9.10. The molecular weight excluding hydrogens is 302 g/mol. The van der Waals surface area contributed by atoms with Crippen molar-refractivity contribution >= 4 is 33.2 Å². The summed E-state index contributed by atoms with van der Waals surface area (Å²) in [6.07, 6.45) is -0.0407. The highest BCUT2D eigenvalue weighted by atomic mass is 79.9. The van der Waals surface area contributed by atoms with Crippen molar-refractivity contribution in [2.45, 2.75) is 13.3 Å². The van der Waals surface area contributed by atoms with Gasteiger partial charge >= 0.3 is 5.97 Å². The third kappa shape index (κ3) is 2.73. The zero-order chi connectivity index (χ0) is 12.4. The molecule has 0 bridgehead atoms. The average Bonchev–Trinajstić information content (AvgIpc) is 2.59. The van der Waals surface area contributed by atoms with Crippen molar-refractivity contribution in [3.8, 4) is 10.4 Å². The Bertz CT molecular complexity index is 565. The number of nitrogens with zero attached hydrogens (tertiary/aromatic N) is 1. The van der Waals surface area contributed by atoms with Gasteiger partial charge < -0.3 is 5.11 Å². The van der Waals surface area contributed by atoms with Gasteiger partial charge in [-0.3, -0.25) is 4.79 Å². The lowest BCUT2D eigenvalue weighted by molar-refractivity contribution is -0.136. The molecule has 88 valence electrons. The summed E-state index contributed by atoms with van der Waals surface area (Å²) in [5, 5.41) is 9.75. The molecule has 3 nitrogen and oxygen atoms in total. The van der Waals surface area contributed by atoms with Gasteiger partial charge in [0.15, 0.2) is 0 Å². The number of carbonyl (C=O) groups is 1. The number of aliphatic carboxylic acids is 1. The Labute approximate surface area is 111 Å². The fraction of sp³-hybridized carbons (Fsp3) is 0.167. The van der Waals surface area contributed by atoms with Gasteiger partial charge in [-0.1, -0.05) is 34.1 Å². The molecular formula is C12H10BrNO2S. The molecule has 1 heterocycles. The first kappa shape index (κ1) is 12.3. The summed E-state index contributed by atoms with van der Waals surface area (Å²) in [5.41, 5.74) is 1.63. The van der Waals surface area contributed by atoms with Gasteiger partial charge in [-0.15, -0.1) is 11.3 Å². The van der Waals surface area contributed by atoms with Crippen LogP contribution in [-0.4, -0.2) is 16.1 Å². The molecule has 0 saturated carbocycles. The maximum atomic E-state index is 10.8. The van der Waals surface area contributed by atoms with Crippen LogP contribution in [0.3, 0.4) is 0 Å². The van der Waals surface area contributed by atoms with Crippen molar-refractivity contribution < 1.29 is 9.90 Å². The van der Waals surface area contributed by atoms with Crippen molar-refractivity contribution in [2.24, 2.45) is 0 Å². The van der Waals surface area contributed by atoms with Crippen molar-refractivity contribution in [2.75, 3.05) is 0 Å². The largest absolute Gasteiger partial charge is 0.481 e. The van der Waals surface area contributed by atoms with Crippen LogP contribution < -0.4 is 0 Å². The number of carboxylic acids is 1. The van der Waals surface area contributed by atoms with Gasteiger partial charge in [-0.25, -0.2) is 4.98 Å². The van der Waals surface area contributed by atoms with Crippen molar-refractivity contribution in [1.82, 2.24) is 4.98 Å². The lowest BCUT2D eigenvalue weighted by Crippen LogP contribution is -2.01. The minimum absolute atomic E-state index is 0.0407. The number of rotatable bonds is 3. The van der Waals surface area contributed by atoms with Crippen LogP contribution in [0.1, 0.15) is 10.7 Å². The maximum absolute atomic E-state index is 10.8. The molecule has 1 aromatic carbocycles. The monoisotopic (exact) mass is 311 g/mol. The number of halogens is 1. The highest BCUT2D eigenvalue weighted by Gasteiger charge is 2.15. The summed E-state index contributed by atoms with van der Waals surface area (Å²) < 4.78 is 0.954. The number of aromatic nitrogens is 1. The minimum atomic E-state index is -0.858. The molecule has 0 spiro atoms. The van der Waals surface area contributed by atoms with E-state index in [0.717, 1.165) is 19.9 Å². The van der Waals surface area contributed by atoms with Gasteiger partial charge in [0.1, 0.15) is 0 Å². The van der Waals surface area contributed by atoms with Gasteiger partial charge in [0.05, 0.1) is 22.0 Å². The maximum Gasteiger partial charge on any atom is 0.309 e. The van der Waals surface area contributed by atoms with E-state index in [9.17, 15) is 4.79 Å². The molecule has 1 aromatic heterocycles. The summed E-state index contributed by atoms with van der Waals surface area (Å²) in [4.78, 5) is 16.0. The van der Waals surface area contributed by atoms with Crippen LogP contribution in [0, 0.1) is 6.92 Å². The normalized spacial score (nSPS) is 10.5. The van der Waals surface area contributed by atoms with Crippen molar-refractivity contribution in [1.29, 1.82) is 0 Å². The lowest BCUT2D eigenvalue weighted by atomic mass is 10.1. The Morgan fingerprint density at radius 2 is 2.18 bits per heavy atom. The fourth-order valence-corrected chi connectivity index (χ4v) is 3.18. The highest BCUT2D eigenvalue weighted by Crippen LogP contribution is 2.35. The summed E-state index contributed by atoms with van der Waals surface area (Å²) >= 11 is 4.99. The Hall–Kier alpha value is -1.20. The minimum Gasteiger partial charge on any atom is -0.481 e. The van der Waals surface area contributed by atoms with E-state index in [4.69, 9.17) is 5.11 Å². The standard InChI is InChI=1S/C12H10BrNO2S/c1-7-14-10(6-11(15)16)12(17-7)8-4-2-3-5-9(8)13/h2-5H,6H2,1H3,(H,15,16). The van der Waals surface area contributed by atoms with Crippen LogP contribution in [0.5, 0.6) is 0 Å².